The van der Waals surface area contributed by atoms with E-state index in [4.69, 9.17) is 21.3 Å². The lowest BCUT2D eigenvalue weighted by atomic mass is 10.1. The zero-order valence-electron chi connectivity index (χ0n) is 12.4. The van der Waals surface area contributed by atoms with Crippen molar-refractivity contribution in [3.05, 3.63) is 51.5 Å². The smallest absolute Gasteiger partial charge is 0.153 e. The standard InChI is InChI=1S/C17H15BrClN3O/c18-11-1-3-15-13(9-11)17(22-7-5-20-6-8-22)21-14-10-12(19)2-4-16(14)23-15/h1-4,9-10,20H,5-8H2. The molecule has 0 aromatic heterocycles. The zero-order chi connectivity index (χ0) is 15.8. The third kappa shape index (κ3) is 2.96. The van der Waals surface area contributed by atoms with Crippen LogP contribution in [-0.4, -0.2) is 36.9 Å². The van der Waals surface area contributed by atoms with E-state index in [1.807, 2.05) is 30.3 Å². The van der Waals surface area contributed by atoms with Gasteiger partial charge in [0.25, 0.3) is 0 Å². The number of hydrogen-bond acceptors (Lipinski definition) is 4. The van der Waals surface area contributed by atoms with Gasteiger partial charge in [0, 0.05) is 35.7 Å². The highest BCUT2D eigenvalue weighted by atomic mass is 79.9. The maximum atomic E-state index is 6.14. The maximum Gasteiger partial charge on any atom is 0.153 e. The molecule has 0 amide bonds. The molecule has 0 spiro atoms. The van der Waals surface area contributed by atoms with E-state index < -0.39 is 0 Å². The fraction of sp³-hybridized carbons (Fsp3) is 0.235. The van der Waals surface area contributed by atoms with Crippen molar-refractivity contribution in [3.63, 3.8) is 0 Å². The summed E-state index contributed by atoms with van der Waals surface area (Å²) in [7, 11) is 0. The van der Waals surface area contributed by atoms with Crippen molar-refractivity contribution < 1.29 is 4.74 Å². The summed E-state index contributed by atoms with van der Waals surface area (Å²) >= 11 is 9.70. The van der Waals surface area contributed by atoms with E-state index in [2.05, 4.69) is 32.2 Å². The fourth-order valence-corrected chi connectivity index (χ4v) is 3.37. The molecule has 2 aromatic rings. The van der Waals surface area contributed by atoms with Gasteiger partial charge in [-0.1, -0.05) is 27.5 Å². The molecule has 2 aromatic carbocycles. The predicted molar refractivity (Wildman–Crippen MR) is 96.3 cm³/mol. The van der Waals surface area contributed by atoms with Gasteiger partial charge in [-0.3, -0.25) is 0 Å². The Morgan fingerprint density at radius 3 is 2.70 bits per heavy atom. The summed E-state index contributed by atoms with van der Waals surface area (Å²) in [6.07, 6.45) is 0. The molecule has 4 rings (SSSR count). The van der Waals surface area contributed by atoms with Crippen LogP contribution in [0.2, 0.25) is 5.02 Å². The topological polar surface area (TPSA) is 36.9 Å². The van der Waals surface area contributed by atoms with Crippen LogP contribution in [0.15, 0.2) is 45.9 Å². The van der Waals surface area contributed by atoms with Gasteiger partial charge in [0.2, 0.25) is 0 Å². The molecule has 0 saturated carbocycles. The number of nitrogens with zero attached hydrogens (tertiary/aromatic N) is 2. The number of amidine groups is 1. The van der Waals surface area contributed by atoms with Crippen molar-refractivity contribution >= 4 is 39.1 Å². The van der Waals surface area contributed by atoms with Gasteiger partial charge in [-0.15, -0.1) is 0 Å². The van der Waals surface area contributed by atoms with Gasteiger partial charge in [-0.2, -0.15) is 0 Å². The Kier molecular flexibility index (Phi) is 4.01. The van der Waals surface area contributed by atoms with Gasteiger partial charge in [-0.05, 0) is 36.4 Å². The first-order valence-electron chi connectivity index (χ1n) is 7.52. The van der Waals surface area contributed by atoms with Gasteiger partial charge in [0.05, 0.1) is 5.56 Å². The summed E-state index contributed by atoms with van der Waals surface area (Å²) in [5.41, 5.74) is 1.76. The number of rotatable bonds is 0. The van der Waals surface area contributed by atoms with E-state index >= 15 is 0 Å². The number of ether oxygens (including phenoxy) is 1. The molecule has 0 unspecified atom stereocenters. The van der Waals surface area contributed by atoms with Gasteiger partial charge in [0.15, 0.2) is 5.75 Å². The summed E-state index contributed by atoms with van der Waals surface area (Å²) < 4.78 is 7.10. The second-order valence-electron chi connectivity index (χ2n) is 5.53. The van der Waals surface area contributed by atoms with Crippen molar-refractivity contribution in [3.8, 4) is 11.5 Å². The molecule has 0 bridgehead atoms. The zero-order valence-corrected chi connectivity index (χ0v) is 14.7. The number of halogens is 2. The average Bonchev–Trinajstić information content (AvgIpc) is 2.72. The first-order valence-corrected chi connectivity index (χ1v) is 8.69. The van der Waals surface area contributed by atoms with Gasteiger partial charge >= 0.3 is 0 Å². The number of piperazine rings is 1. The lowest BCUT2D eigenvalue weighted by Crippen LogP contribution is -2.46. The monoisotopic (exact) mass is 391 g/mol. The molecule has 4 nitrogen and oxygen atoms in total. The molecular weight excluding hydrogens is 378 g/mol. The number of nitrogens with one attached hydrogen (secondary N) is 1. The van der Waals surface area contributed by atoms with E-state index in [-0.39, 0.29) is 0 Å². The Morgan fingerprint density at radius 1 is 1.09 bits per heavy atom. The van der Waals surface area contributed by atoms with Crippen LogP contribution in [0.3, 0.4) is 0 Å². The Bertz CT molecular complexity index is 787. The Balaban J connectivity index is 1.89. The van der Waals surface area contributed by atoms with E-state index in [1.165, 1.54) is 0 Å². The molecule has 1 N–H and O–H groups in total. The van der Waals surface area contributed by atoms with Crippen molar-refractivity contribution in [1.82, 2.24) is 10.2 Å². The average molecular weight is 393 g/mol. The van der Waals surface area contributed by atoms with E-state index in [0.717, 1.165) is 59.2 Å². The number of aliphatic imine (C=N–C) groups is 1. The summed E-state index contributed by atoms with van der Waals surface area (Å²) in [4.78, 5) is 7.18. The summed E-state index contributed by atoms with van der Waals surface area (Å²) in [5, 5.41) is 4.03. The molecule has 0 atom stereocenters. The second kappa shape index (κ2) is 6.15. The highest BCUT2D eigenvalue weighted by molar-refractivity contribution is 9.10. The molecule has 23 heavy (non-hydrogen) atoms. The second-order valence-corrected chi connectivity index (χ2v) is 6.88. The maximum absolute atomic E-state index is 6.14. The highest BCUT2D eigenvalue weighted by Crippen LogP contribution is 2.40. The Hall–Kier alpha value is -1.56. The lowest BCUT2D eigenvalue weighted by molar-refractivity contribution is 0.357. The van der Waals surface area contributed by atoms with Crippen LogP contribution in [0.5, 0.6) is 11.5 Å². The van der Waals surface area contributed by atoms with Crippen LogP contribution < -0.4 is 10.1 Å². The minimum atomic E-state index is 0.655. The third-order valence-corrected chi connectivity index (χ3v) is 4.69. The quantitative estimate of drug-likeness (QED) is 0.730. The molecule has 118 valence electrons. The van der Waals surface area contributed by atoms with Crippen LogP contribution in [0.25, 0.3) is 0 Å². The Morgan fingerprint density at radius 2 is 1.87 bits per heavy atom. The molecule has 2 aliphatic heterocycles. The summed E-state index contributed by atoms with van der Waals surface area (Å²) in [6, 6.07) is 11.6. The molecule has 6 heteroatoms. The van der Waals surface area contributed by atoms with Crippen molar-refractivity contribution in [2.45, 2.75) is 0 Å². The van der Waals surface area contributed by atoms with Crippen LogP contribution in [0.1, 0.15) is 5.56 Å². The van der Waals surface area contributed by atoms with Crippen molar-refractivity contribution in [2.75, 3.05) is 26.2 Å². The molecule has 2 aliphatic rings. The largest absolute Gasteiger partial charge is 0.454 e. The van der Waals surface area contributed by atoms with Crippen LogP contribution >= 0.6 is 27.5 Å². The van der Waals surface area contributed by atoms with Crippen LogP contribution in [0, 0.1) is 0 Å². The highest BCUT2D eigenvalue weighted by Gasteiger charge is 2.24. The molecule has 1 saturated heterocycles. The summed E-state index contributed by atoms with van der Waals surface area (Å²) in [5.74, 6) is 2.47. The third-order valence-electron chi connectivity index (χ3n) is 3.97. The normalized spacial score (nSPS) is 16.8. The van der Waals surface area contributed by atoms with Gasteiger partial charge < -0.3 is 15.0 Å². The Labute approximate surface area is 148 Å². The SMILES string of the molecule is Clc1ccc2c(c1)N=C(N1CCNCC1)c1cc(Br)ccc1O2. The molecular formula is C17H15BrClN3O. The van der Waals surface area contributed by atoms with E-state index in [1.54, 1.807) is 0 Å². The van der Waals surface area contributed by atoms with Crippen molar-refractivity contribution in [1.29, 1.82) is 0 Å². The van der Waals surface area contributed by atoms with Gasteiger partial charge in [-0.25, -0.2) is 4.99 Å². The van der Waals surface area contributed by atoms with Crippen molar-refractivity contribution in [2.24, 2.45) is 4.99 Å². The van der Waals surface area contributed by atoms with E-state index in [9.17, 15) is 0 Å². The minimum Gasteiger partial charge on any atom is -0.454 e. The summed E-state index contributed by atoms with van der Waals surface area (Å²) in [6.45, 7) is 3.73. The van der Waals surface area contributed by atoms with Crippen LogP contribution in [-0.2, 0) is 0 Å². The lowest BCUT2D eigenvalue weighted by Gasteiger charge is -2.30. The molecule has 0 radical (unpaired) electrons. The number of hydrogen-bond donors (Lipinski definition) is 1. The molecule has 1 fully saturated rings. The first-order chi connectivity index (χ1) is 11.2. The van der Waals surface area contributed by atoms with E-state index in [0.29, 0.717) is 5.02 Å². The molecule has 0 aliphatic carbocycles. The van der Waals surface area contributed by atoms with Gasteiger partial charge in [0.1, 0.15) is 17.3 Å². The molecule has 2 heterocycles. The first kappa shape index (κ1) is 15.0. The predicted octanol–water partition coefficient (Wildman–Crippen LogP) is 4.19. The fourth-order valence-electron chi connectivity index (χ4n) is 2.84. The number of benzene rings is 2. The van der Waals surface area contributed by atoms with Crippen LogP contribution in [0.4, 0.5) is 5.69 Å². The number of fused-ring (bicyclic) bond motifs is 2. The minimum absolute atomic E-state index is 0.655.